The maximum Gasteiger partial charge on any atom is 0.356 e. The third-order valence-electron chi connectivity index (χ3n) is 9.08. The lowest BCUT2D eigenvalue weighted by molar-refractivity contribution is -0.144. The molecular weight excluding hydrogens is 713 g/mol. The molecule has 1 aliphatic heterocycles. The van der Waals surface area contributed by atoms with Gasteiger partial charge >= 0.3 is 22.1 Å². The molecule has 0 bridgehead atoms. The van der Waals surface area contributed by atoms with Gasteiger partial charge in [0, 0.05) is 33.3 Å². The van der Waals surface area contributed by atoms with Gasteiger partial charge in [-0.25, -0.2) is 4.39 Å². The fourth-order valence-electron chi connectivity index (χ4n) is 7.22. The molecule has 0 unspecified atom stereocenters. The predicted octanol–water partition coefficient (Wildman–Crippen LogP) is 11.4. The molecule has 1 aromatic carbocycles. The van der Waals surface area contributed by atoms with Crippen molar-refractivity contribution in [3.8, 4) is 11.1 Å². The number of aromatic nitrogens is 1. The van der Waals surface area contributed by atoms with E-state index in [-0.39, 0.29) is 77.5 Å². The summed E-state index contributed by atoms with van der Waals surface area (Å²) < 4.78 is 65.0. The minimum Gasteiger partial charge on any atom is -0.469 e. The number of pyridine rings is 1. The van der Waals surface area contributed by atoms with Crippen molar-refractivity contribution in [2.75, 3.05) is 13.5 Å². The summed E-state index contributed by atoms with van der Waals surface area (Å²) in [4.78, 5) is 17.8. The fourth-order valence-corrected chi connectivity index (χ4v) is 14.0. The Morgan fingerprint density at radius 2 is 1.47 bits per heavy atom. The highest BCUT2D eigenvalue weighted by atomic mass is 31.2. The zero-order chi connectivity index (χ0) is 40.1. The van der Waals surface area contributed by atoms with Crippen molar-refractivity contribution in [1.29, 1.82) is 0 Å². The summed E-state index contributed by atoms with van der Waals surface area (Å²) in [5, 5.41) is -0.644. The first-order valence-corrected chi connectivity index (χ1v) is 22.4. The third-order valence-corrected chi connectivity index (χ3v) is 16.3. The Morgan fingerprint density at radius 3 is 1.94 bits per heavy atom. The second-order valence-corrected chi connectivity index (χ2v) is 23.9. The molecule has 53 heavy (non-hydrogen) atoms. The number of carbonyl (C=O) groups excluding carboxylic acids is 1. The second kappa shape index (κ2) is 18.1. The molecular formula is C41H65FNO8PSi. The molecule has 3 rings (SSSR count). The quantitative estimate of drug-likeness (QED) is 0.0993. The van der Waals surface area contributed by atoms with Crippen LogP contribution in [0, 0.1) is 5.82 Å². The lowest BCUT2D eigenvalue weighted by Gasteiger charge is -2.54. The van der Waals surface area contributed by atoms with Crippen LogP contribution in [0.1, 0.15) is 144 Å². The van der Waals surface area contributed by atoms with Gasteiger partial charge in [-0.15, -0.1) is 0 Å². The topological polar surface area (TPSA) is 102 Å². The molecule has 0 N–H and O–H groups in total. The van der Waals surface area contributed by atoms with Crippen LogP contribution < -0.4 is 0 Å². The summed E-state index contributed by atoms with van der Waals surface area (Å²) in [6.45, 7) is 28.5. The van der Waals surface area contributed by atoms with Crippen LogP contribution in [0.3, 0.4) is 0 Å². The highest BCUT2D eigenvalue weighted by Gasteiger charge is 2.62. The van der Waals surface area contributed by atoms with E-state index in [1.807, 2.05) is 27.7 Å². The second-order valence-electron chi connectivity index (χ2n) is 17.3. The summed E-state index contributed by atoms with van der Waals surface area (Å²) in [6.07, 6.45) is 3.04. The molecule has 1 aliphatic rings. The van der Waals surface area contributed by atoms with Crippen LogP contribution in [0.2, 0.25) is 10.1 Å². The first-order valence-electron chi connectivity index (χ1n) is 18.9. The number of ether oxygens (including phenoxy) is 2. The number of esters is 1. The van der Waals surface area contributed by atoms with Gasteiger partial charge < -0.3 is 27.4 Å². The molecule has 2 aromatic rings. The monoisotopic (exact) mass is 777 g/mol. The van der Waals surface area contributed by atoms with Gasteiger partial charge in [0.05, 0.1) is 50.2 Å². The number of benzene rings is 1. The number of rotatable bonds is 15. The van der Waals surface area contributed by atoms with Crippen LogP contribution in [0.15, 0.2) is 30.3 Å². The van der Waals surface area contributed by atoms with Crippen LogP contribution >= 0.6 is 7.60 Å². The van der Waals surface area contributed by atoms with Gasteiger partial charge in [0.2, 0.25) is 0 Å². The van der Waals surface area contributed by atoms with Gasteiger partial charge in [-0.3, -0.25) is 14.3 Å². The molecule has 0 saturated carbocycles. The lowest BCUT2D eigenvalue weighted by atomic mass is 9.87. The van der Waals surface area contributed by atoms with Crippen molar-refractivity contribution in [1.82, 2.24) is 4.98 Å². The zero-order valence-corrected chi connectivity index (χ0v) is 36.7. The maximum atomic E-state index is 14.4. The summed E-state index contributed by atoms with van der Waals surface area (Å²) in [7, 11) is -5.23. The summed E-state index contributed by atoms with van der Waals surface area (Å²) in [6, 6.07) is 6.43. The minimum absolute atomic E-state index is 0.0112. The van der Waals surface area contributed by atoms with Crippen LogP contribution in [0.25, 0.3) is 17.2 Å². The zero-order valence-electron chi connectivity index (χ0n) is 34.8. The largest absolute Gasteiger partial charge is 0.469 e. The number of hydrogen-bond donors (Lipinski definition) is 0. The highest BCUT2D eigenvalue weighted by molar-refractivity contribution is 7.53. The van der Waals surface area contributed by atoms with Crippen LogP contribution in [-0.4, -0.2) is 57.4 Å². The Labute approximate surface area is 319 Å². The van der Waals surface area contributed by atoms with Crippen molar-refractivity contribution in [3.05, 3.63) is 58.7 Å². The molecule has 9 nitrogen and oxygen atoms in total. The first-order chi connectivity index (χ1) is 24.4. The molecule has 0 aliphatic carbocycles. The van der Waals surface area contributed by atoms with Gasteiger partial charge in [-0.05, 0) is 62.8 Å². The van der Waals surface area contributed by atoms with Crippen molar-refractivity contribution in [3.63, 3.8) is 0 Å². The summed E-state index contributed by atoms with van der Waals surface area (Å²) in [5.41, 5.74) is 5.01. The van der Waals surface area contributed by atoms with Crippen LogP contribution in [-0.2, 0) is 43.3 Å². The highest BCUT2D eigenvalue weighted by Crippen LogP contribution is 2.56. The summed E-state index contributed by atoms with van der Waals surface area (Å²) in [5.74, 6) is -0.634. The van der Waals surface area contributed by atoms with E-state index >= 15 is 0 Å². The number of methoxy groups -OCH3 is 1. The molecule has 0 spiro atoms. The van der Waals surface area contributed by atoms with E-state index in [2.05, 4.69) is 81.4 Å². The van der Waals surface area contributed by atoms with Gasteiger partial charge in [0.1, 0.15) is 12.2 Å². The molecule has 2 atom stereocenters. The Bertz CT molecular complexity index is 1580. The summed E-state index contributed by atoms with van der Waals surface area (Å²) >= 11 is 0. The van der Waals surface area contributed by atoms with Crippen molar-refractivity contribution in [2.45, 2.75) is 163 Å². The fraction of sp³-hybridized carbons (Fsp3) is 0.659. The minimum atomic E-state index is -3.59. The number of hydrogen-bond acceptors (Lipinski definition) is 9. The lowest BCUT2D eigenvalue weighted by Crippen LogP contribution is -2.63. The average molecular weight is 778 g/mol. The molecule has 12 heteroatoms. The van der Waals surface area contributed by atoms with Gasteiger partial charge in [0.15, 0.2) is 0 Å². The van der Waals surface area contributed by atoms with E-state index in [0.717, 1.165) is 33.6 Å². The Balaban J connectivity index is 2.28. The Hall–Kier alpha value is -2.24. The van der Waals surface area contributed by atoms with E-state index < -0.39 is 16.2 Å². The van der Waals surface area contributed by atoms with Crippen molar-refractivity contribution < 1.29 is 41.1 Å². The number of carbonyl (C=O) groups is 1. The van der Waals surface area contributed by atoms with Crippen molar-refractivity contribution >= 4 is 28.2 Å². The first kappa shape index (κ1) is 45.1. The van der Waals surface area contributed by atoms with E-state index in [1.54, 1.807) is 12.1 Å². The van der Waals surface area contributed by atoms with E-state index in [9.17, 15) is 13.8 Å². The predicted molar refractivity (Wildman–Crippen MR) is 213 cm³/mol. The third kappa shape index (κ3) is 11.4. The molecule has 2 heterocycles. The molecule has 0 radical (unpaired) electrons. The maximum absolute atomic E-state index is 14.4. The smallest absolute Gasteiger partial charge is 0.356 e. The molecule has 1 fully saturated rings. The Kier molecular flexibility index (Phi) is 15.5. The SMILES string of the molecule is COC(=O)C[C@H]1C[C@@H](C=Cc2c(C(C)C)nc(C(C)C)c(COCP(=O)(OC(C)C)OC(C)C)c2-c2ccc(F)cc2)O[Si](C(C)(C)C)(C(C)(C)C)O1. The average Bonchev–Trinajstić information content (AvgIpc) is 3.01. The van der Waals surface area contributed by atoms with Crippen LogP contribution in [0.5, 0.6) is 0 Å². The van der Waals surface area contributed by atoms with E-state index in [0.29, 0.717) is 6.42 Å². The number of nitrogens with zero attached hydrogens (tertiary/aromatic N) is 1. The van der Waals surface area contributed by atoms with Gasteiger partial charge in [0.25, 0.3) is 0 Å². The van der Waals surface area contributed by atoms with E-state index in [1.165, 1.54) is 19.2 Å². The van der Waals surface area contributed by atoms with Crippen molar-refractivity contribution in [2.24, 2.45) is 0 Å². The molecule has 0 amide bonds. The normalized spacial score (nSPS) is 18.6. The molecule has 1 aromatic heterocycles. The van der Waals surface area contributed by atoms with Gasteiger partial charge in [-0.1, -0.05) is 93.5 Å². The molecule has 1 saturated heterocycles. The van der Waals surface area contributed by atoms with Crippen LogP contribution in [0.4, 0.5) is 4.39 Å². The standard InChI is InChI=1S/C41H65FNO8PSi/c1-26(2)38-34(21-20-32-22-33(23-36(44)46-15)51-53(50-32,40(9,10)11)41(12,13)14)37(30-16-18-31(42)19-17-30)35(39(43-38)27(3)4)24-47-25-52(45,48-28(5)6)49-29(7)8/h16-21,26-29,32-33H,22-25H2,1-15H3/t32-,33-/m1/s1. The Morgan fingerprint density at radius 1 is 0.925 bits per heavy atom. The van der Waals surface area contributed by atoms with Gasteiger partial charge in [-0.2, -0.15) is 0 Å². The molecule has 298 valence electrons. The van der Waals surface area contributed by atoms with E-state index in [4.69, 9.17) is 32.4 Å². The number of halogens is 1.